The minimum atomic E-state index is -0.175. The van der Waals surface area contributed by atoms with Crippen LogP contribution in [0.25, 0.3) is 0 Å². The molecule has 0 radical (unpaired) electrons. The predicted octanol–water partition coefficient (Wildman–Crippen LogP) is 1.84. The second kappa shape index (κ2) is 3.29. The van der Waals surface area contributed by atoms with Crippen molar-refractivity contribution in [3.8, 4) is 0 Å². The Kier molecular flexibility index (Phi) is 2.11. The highest BCUT2D eigenvalue weighted by molar-refractivity contribution is 5.11. The summed E-state index contributed by atoms with van der Waals surface area (Å²) in [6.07, 6.45) is 1.55. The molecule has 3 nitrogen and oxygen atoms in total. The Bertz CT molecular complexity index is 381. The Labute approximate surface area is 95.2 Å². The van der Waals surface area contributed by atoms with Crippen molar-refractivity contribution in [2.24, 2.45) is 11.8 Å². The molecule has 0 amide bonds. The van der Waals surface area contributed by atoms with Crippen molar-refractivity contribution in [2.75, 3.05) is 13.1 Å². The van der Waals surface area contributed by atoms with Gasteiger partial charge in [0.15, 0.2) is 5.82 Å². The maximum absolute atomic E-state index is 13.2. The van der Waals surface area contributed by atoms with Crippen molar-refractivity contribution in [1.82, 2.24) is 14.7 Å². The zero-order valence-corrected chi connectivity index (χ0v) is 10.0. The molecule has 1 aromatic heterocycles. The molecule has 2 atom stereocenters. The topological polar surface area (TPSA) is 21.1 Å². The summed E-state index contributed by atoms with van der Waals surface area (Å²) < 4.78 is 15.1. The number of aryl methyl sites for hydroxylation is 1. The normalized spacial score (nSPS) is 33.4. The van der Waals surface area contributed by atoms with Gasteiger partial charge in [0.05, 0.1) is 17.9 Å². The Morgan fingerprint density at radius 1 is 1.38 bits per heavy atom. The van der Waals surface area contributed by atoms with Crippen LogP contribution in [0.15, 0.2) is 6.20 Å². The number of hydrogen-bond donors (Lipinski definition) is 0. The number of likely N-dealkylation sites (tertiary alicyclic amines) is 1. The molecule has 3 rings (SSSR count). The number of nitrogens with zero attached hydrogens (tertiary/aromatic N) is 3. The van der Waals surface area contributed by atoms with E-state index in [-0.39, 0.29) is 5.82 Å². The molecular weight excluding hydrogens is 205 g/mol. The van der Waals surface area contributed by atoms with Crippen LogP contribution in [-0.4, -0.2) is 33.8 Å². The number of rotatable bonds is 2. The van der Waals surface area contributed by atoms with Crippen LogP contribution in [0.5, 0.6) is 0 Å². The Balaban J connectivity index is 1.70. The lowest BCUT2D eigenvalue weighted by Crippen LogP contribution is -2.31. The summed E-state index contributed by atoms with van der Waals surface area (Å²) in [7, 11) is 0. The maximum Gasteiger partial charge on any atom is 0.163 e. The summed E-state index contributed by atoms with van der Waals surface area (Å²) >= 11 is 0. The molecule has 2 aliphatic rings. The molecule has 4 heteroatoms. The van der Waals surface area contributed by atoms with Gasteiger partial charge in [-0.1, -0.05) is 0 Å². The van der Waals surface area contributed by atoms with E-state index in [4.69, 9.17) is 0 Å². The van der Waals surface area contributed by atoms with Gasteiger partial charge in [0, 0.05) is 31.0 Å². The van der Waals surface area contributed by atoms with Crippen molar-refractivity contribution in [2.45, 2.75) is 32.9 Å². The first-order chi connectivity index (χ1) is 7.58. The Morgan fingerprint density at radius 2 is 2.00 bits per heavy atom. The van der Waals surface area contributed by atoms with Crippen LogP contribution < -0.4 is 0 Å². The zero-order valence-electron chi connectivity index (χ0n) is 10.0. The van der Waals surface area contributed by atoms with Crippen molar-refractivity contribution in [3.05, 3.63) is 17.7 Å². The van der Waals surface area contributed by atoms with Gasteiger partial charge >= 0.3 is 0 Å². The molecule has 2 unspecified atom stereocenters. The average Bonchev–Trinajstić information content (AvgIpc) is 2.57. The molecule has 1 aliphatic heterocycles. The molecule has 1 aromatic rings. The quantitative estimate of drug-likeness (QED) is 0.763. The summed E-state index contributed by atoms with van der Waals surface area (Å²) in [5.41, 5.74) is 0.519. The molecule has 0 N–H and O–H groups in total. The lowest BCUT2D eigenvalue weighted by atomic mass is 10.3. The summed E-state index contributed by atoms with van der Waals surface area (Å²) in [6.45, 7) is 8.49. The van der Waals surface area contributed by atoms with E-state index >= 15 is 0 Å². The lowest BCUT2D eigenvalue weighted by Gasteiger charge is -2.23. The monoisotopic (exact) mass is 223 g/mol. The van der Waals surface area contributed by atoms with Gasteiger partial charge in [-0.3, -0.25) is 4.68 Å². The lowest BCUT2D eigenvalue weighted by molar-refractivity contribution is 0.231. The fraction of sp³-hybridized carbons (Fsp3) is 0.750. The van der Waals surface area contributed by atoms with Crippen LogP contribution >= 0.6 is 0 Å². The Hall–Kier alpha value is -0.900. The molecule has 1 aliphatic carbocycles. The molecule has 16 heavy (non-hydrogen) atoms. The fourth-order valence-corrected chi connectivity index (χ4v) is 2.95. The van der Waals surface area contributed by atoms with Crippen LogP contribution in [0, 0.1) is 24.6 Å². The zero-order chi connectivity index (χ0) is 11.4. The summed E-state index contributed by atoms with van der Waals surface area (Å²) in [4.78, 5) is 2.50. The highest BCUT2D eigenvalue weighted by atomic mass is 19.1. The van der Waals surface area contributed by atoms with Crippen molar-refractivity contribution in [1.29, 1.82) is 0 Å². The minimum absolute atomic E-state index is 0.175. The van der Waals surface area contributed by atoms with Gasteiger partial charge in [-0.2, -0.15) is 5.10 Å². The molecule has 1 saturated carbocycles. The fourth-order valence-electron chi connectivity index (χ4n) is 2.95. The minimum Gasteiger partial charge on any atom is -0.300 e. The standard InChI is InChI=1S/C12H18FN3/c1-7(2)15-4-9-10(5-15)12(9)16-6-11(13)8(3)14-16/h6-7,9-10,12H,4-5H2,1-3H3. The van der Waals surface area contributed by atoms with Gasteiger partial charge in [0.1, 0.15) is 0 Å². The highest BCUT2D eigenvalue weighted by Gasteiger charge is 2.57. The summed E-state index contributed by atoms with van der Waals surface area (Å²) in [6, 6.07) is 1.09. The van der Waals surface area contributed by atoms with E-state index < -0.39 is 0 Å². The summed E-state index contributed by atoms with van der Waals surface area (Å²) in [5.74, 6) is 1.22. The van der Waals surface area contributed by atoms with Crippen LogP contribution in [0.3, 0.4) is 0 Å². The van der Waals surface area contributed by atoms with Crippen molar-refractivity contribution >= 4 is 0 Å². The molecule has 1 saturated heterocycles. The van der Waals surface area contributed by atoms with Gasteiger partial charge in [-0.15, -0.1) is 0 Å². The van der Waals surface area contributed by atoms with Crippen molar-refractivity contribution in [3.63, 3.8) is 0 Å². The van der Waals surface area contributed by atoms with Gasteiger partial charge in [0.25, 0.3) is 0 Å². The third-order valence-electron chi connectivity index (χ3n) is 4.07. The van der Waals surface area contributed by atoms with E-state index in [2.05, 4.69) is 23.8 Å². The predicted molar refractivity (Wildman–Crippen MR) is 59.6 cm³/mol. The molecule has 0 aromatic carbocycles. The van der Waals surface area contributed by atoms with Crippen LogP contribution in [0.4, 0.5) is 4.39 Å². The Morgan fingerprint density at radius 3 is 2.44 bits per heavy atom. The van der Waals surface area contributed by atoms with Gasteiger partial charge < -0.3 is 4.90 Å². The number of piperidine rings is 1. The molecular formula is C12H18FN3. The first kappa shape index (κ1) is 10.3. The number of halogens is 1. The van der Waals surface area contributed by atoms with Crippen LogP contribution in [0.1, 0.15) is 25.6 Å². The maximum atomic E-state index is 13.2. The van der Waals surface area contributed by atoms with E-state index in [1.165, 1.54) is 0 Å². The van der Waals surface area contributed by atoms with E-state index in [1.54, 1.807) is 13.1 Å². The first-order valence-corrected chi connectivity index (χ1v) is 6.03. The van der Waals surface area contributed by atoms with E-state index in [0.29, 0.717) is 29.6 Å². The number of hydrogen-bond acceptors (Lipinski definition) is 2. The third kappa shape index (κ3) is 1.39. The SMILES string of the molecule is Cc1nn(C2C3CN(C(C)C)CC32)cc1F. The molecule has 2 heterocycles. The smallest absolute Gasteiger partial charge is 0.163 e. The molecule has 0 spiro atoms. The third-order valence-corrected chi connectivity index (χ3v) is 4.07. The van der Waals surface area contributed by atoms with Gasteiger partial charge in [0.2, 0.25) is 0 Å². The average molecular weight is 223 g/mol. The highest BCUT2D eigenvalue weighted by Crippen LogP contribution is 2.55. The van der Waals surface area contributed by atoms with Gasteiger partial charge in [-0.25, -0.2) is 4.39 Å². The number of aromatic nitrogens is 2. The van der Waals surface area contributed by atoms with Crippen LogP contribution in [-0.2, 0) is 0 Å². The molecule has 88 valence electrons. The van der Waals surface area contributed by atoms with Crippen molar-refractivity contribution < 1.29 is 4.39 Å². The van der Waals surface area contributed by atoms with Gasteiger partial charge in [-0.05, 0) is 20.8 Å². The van der Waals surface area contributed by atoms with E-state index in [9.17, 15) is 4.39 Å². The second-order valence-corrected chi connectivity index (χ2v) is 5.41. The molecule has 2 fully saturated rings. The number of fused-ring (bicyclic) bond motifs is 1. The largest absolute Gasteiger partial charge is 0.300 e. The van der Waals surface area contributed by atoms with E-state index in [0.717, 1.165) is 13.1 Å². The summed E-state index contributed by atoms with van der Waals surface area (Å²) in [5, 5.41) is 4.25. The second-order valence-electron chi connectivity index (χ2n) is 5.41. The van der Waals surface area contributed by atoms with E-state index in [1.807, 2.05) is 4.68 Å². The molecule has 0 bridgehead atoms. The van der Waals surface area contributed by atoms with Crippen LogP contribution in [0.2, 0.25) is 0 Å². The first-order valence-electron chi connectivity index (χ1n) is 6.03.